The lowest BCUT2D eigenvalue weighted by atomic mass is 10.1. The Morgan fingerprint density at radius 2 is 1.69 bits per heavy atom. The molecule has 0 fully saturated rings. The second-order valence-electron chi connectivity index (χ2n) is 8.10. The Kier molecular flexibility index (Phi) is 6.90. The van der Waals surface area contributed by atoms with E-state index in [1.54, 1.807) is 18.5 Å². The number of fused-ring (bicyclic) bond motifs is 1. The van der Waals surface area contributed by atoms with Gasteiger partial charge in [0.25, 0.3) is 5.91 Å². The molecular weight excluding hydrogens is 474 g/mol. The van der Waals surface area contributed by atoms with Crippen molar-refractivity contribution in [3.63, 3.8) is 0 Å². The predicted molar refractivity (Wildman–Crippen MR) is 142 cm³/mol. The fourth-order valence-corrected chi connectivity index (χ4v) is 4.38. The maximum Gasteiger partial charge on any atom is 0.283 e. The zero-order valence-electron chi connectivity index (χ0n) is 19.5. The fraction of sp³-hybridized carbons (Fsp3) is 0.148. The second-order valence-corrected chi connectivity index (χ2v) is 9.06. The molecule has 0 bridgehead atoms. The van der Waals surface area contributed by atoms with Crippen molar-refractivity contribution in [2.24, 2.45) is 10.1 Å². The number of thioether (sulfide) groups is 1. The van der Waals surface area contributed by atoms with E-state index in [0.717, 1.165) is 29.0 Å². The van der Waals surface area contributed by atoms with Crippen LogP contribution in [0.1, 0.15) is 23.1 Å². The van der Waals surface area contributed by atoms with Crippen molar-refractivity contribution in [1.82, 2.24) is 9.99 Å². The van der Waals surface area contributed by atoms with Gasteiger partial charge in [-0.1, -0.05) is 29.8 Å². The van der Waals surface area contributed by atoms with Crippen LogP contribution in [0.15, 0.2) is 88.7 Å². The lowest BCUT2D eigenvalue weighted by Crippen LogP contribution is -2.35. The summed E-state index contributed by atoms with van der Waals surface area (Å²) in [6.45, 7) is 3.14. The summed E-state index contributed by atoms with van der Waals surface area (Å²) >= 11 is 1.25. The fourth-order valence-electron chi connectivity index (χ4n) is 3.50. The largest absolute Gasteiger partial charge is 0.493 e. The molecule has 9 heteroatoms. The molecule has 1 amide bonds. The predicted octanol–water partition coefficient (Wildman–Crippen LogP) is 4.91. The van der Waals surface area contributed by atoms with Gasteiger partial charge in [-0.25, -0.2) is 0 Å². The summed E-state index contributed by atoms with van der Waals surface area (Å²) in [5.41, 5.74) is 2.95. The van der Waals surface area contributed by atoms with Crippen LogP contribution in [-0.2, 0) is 4.79 Å². The number of nitrogens with zero attached hydrogens (tertiary/aromatic N) is 4. The molecule has 180 valence electrons. The number of aromatic nitrogens is 1. The van der Waals surface area contributed by atoms with Crippen LogP contribution >= 0.6 is 11.8 Å². The number of nitrogens with one attached hydrogen (secondary N) is 1. The highest BCUT2D eigenvalue weighted by molar-refractivity contribution is 8.27. The molecule has 0 radical (unpaired) electrons. The first-order valence-electron chi connectivity index (χ1n) is 11.4. The molecule has 0 saturated carbocycles. The number of hydrogen-bond acceptors (Lipinski definition) is 7. The van der Waals surface area contributed by atoms with Gasteiger partial charge in [-0.3, -0.25) is 15.2 Å². The number of carbonyl (C=O) groups is 1. The van der Waals surface area contributed by atoms with Crippen LogP contribution in [0.3, 0.4) is 0 Å². The quantitative estimate of drug-likeness (QED) is 0.351. The van der Waals surface area contributed by atoms with Crippen molar-refractivity contribution in [1.29, 1.82) is 5.41 Å². The number of benzene rings is 2. The van der Waals surface area contributed by atoms with Gasteiger partial charge in [0.2, 0.25) is 5.17 Å². The molecule has 3 heterocycles. The molecule has 2 aliphatic heterocycles. The number of aliphatic imine (C=N–C) groups is 1. The molecule has 1 N–H and O–H groups in total. The molecule has 0 unspecified atom stereocenters. The van der Waals surface area contributed by atoms with E-state index in [2.05, 4.69) is 15.1 Å². The van der Waals surface area contributed by atoms with Gasteiger partial charge in [-0.2, -0.15) is 15.1 Å². The van der Waals surface area contributed by atoms with Gasteiger partial charge >= 0.3 is 0 Å². The monoisotopic (exact) mass is 497 g/mol. The number of carbonyl (C=O) groups excluding carboxylic acids is 1. The van der Waals surface area contributed by atoms with E-state index in [0.29, 0.717) is 23.4 Å². The molecule has 0 spiro atoms. The van der Waals surface area contributed by atoms with Crippen molar-refractivity contribution in [3.8, 4) is 11.5 Å². The van der Waals surface area contributed by atoms with Crippen LogP contribution in [0.5, 0.6) is 11.5 Å². The van der Waals surface area contributed by atoms with Crippen molar-refractivity contribution in [2.45, 2.75) is 13.3 Å². The summed E-state index contributed by atoms with van der Waals surface area (Å²) in [4.78, 5) is 20.9. The van der Waals surface area contributed by atoms with Gasteiger partial charge in [-0.15, -0.1) is 0 Å². The minimum atomic E-state index is -0.463. The molecule has 36 heavy (non-hydrogen) atoms. The second kappa shape index (κ2) is 10.6. The molecule has 1 aromatic heterocycles. The van der Waals surface area contributed by atoms with Gasteiger partial charge in [0.05, 0.1) is 18.8 Å². The van der Waals surface area contributed by atoms with Crippen LogP contribution < -0.4 is 9.47 Å². The lowest BCUT2D eigenvalue weighted by molar-refractivity contribution is -0.114. The number of rotatable bonds is 8. The summed E-state index contributed by atoms with van der Waals surface area (Å²) in [7, 11) is 0. The first-order chi connectivity index (χ1) is 17.6. The smallest absolute Gasteiger partial charge is 0.283 e. The number of ether oxygens (including phenoxy) is 2. The van der Waals surface area contributed by atoms with E-state index in [9.17, 15) is 4.79 Å². The minimum absolute atomic E-state index is 0.00899. The minimum Gasteiger partial charge on any atom is -0.493 e. The number of hydrogen-bond donors (Lipinski definition) is 1. The Balaban J connectivity index is 1.17. The van der Waals surface area contributed by atoms with E-state index in [4.69, 9.17) is 14.9 Å². The van der Waals surface area contributed by atoms with Crippen molar-refractivity contribution in [2.75, 3.05) is 13.2 Å². The zero-order valence-corrected chi connectivity index (χ0v) is 20.4. The average molecular weight is 498 g/mol. The van der Waals surface area contributed by atoms with Gasteiger partial charge in [0.15, 0.2) is 5.84 Å². The highest BCUT2D eigenvalue weighted by atomic mass is 32.2. The van der Waals surface area contributed by atoms with Gasteiger partial charge in [0.1, 0.15) is 16.5 Å². The summed E-state index contributed by atoms with van der Waals surface area (Å²) in [5, 5.41) is 15.4. The van der Waals surface area contributed by atoms with Crippen LogP contribution in [0.4, 0.5) is 0 Å². The van der Waals surface area contributed by atoms with E-state index in [-0.39, 0.29) is 11.4 Å². The number of pyridine rings is 1. The number of amidine groups is 2. The zero-order chi connectivity index (χ0) is 24.9. The standard InChI is InChI=1S/C27H23N5O3S/c1-18-5-9-21(10-6-18)34-14-3-15-35-22-11-7-19(8-12-22)16-23-24(28)32-27(30-25(23)33)36-26(31-32)20-4-2-13-29-17-20/h2,4-13,16-17,28H,3,14-15H2,1H3. The Labute approximate surface area is 212 Å². The third-order valence-corrected chi connectivity index (χ3v) is 6.36. The Hall–Kier alpha value is -4.24. The highest BCUT2D eigenvalue weighted by Crippen LogP contribution is 2.30. The molecule has 2 aromatic carbocycles. The Bertz CT molecular complexity index is 1370. The van der Waals surface area contributed by atoms with Gasteiger partial charge in [-0.05, 0) is 66.7 Å². The Morgan fingerprint density at radius 3 is 2.36 bits per heavy atom. The van der Waals surface area contributed by atoms with E-state index < -0.39 is 5.91 Å². The third-order valence-electron chi connectivity index (χ3n) is 5.40. The van der Waals surface area contributed by atoms with Crippen molar-refractivity contribution < 1.29 is 14.3 Å². The number of amides is 1. The third kappa shape index (κ3) is 5.36. The molecule has 8 nitrogen and oxygen atoms in total. The topological polar surface area (TPSA) is 100 Å². The maximum atomic E-state index is 12.6. The van der Waals surface area contributed by atoms with Gasteiger partial charge < -0.3 is 9.47 Å². The molecule has 2 aliphatic rings. The van der Waals surface area contributed by atoms with E-state index in [1.165, 1.54) is 22.3 Å². The average Bonchev–Trinajstić information content (AvgIpc) is 3.33. The molecular formula is C27H23N5O3S. The lowest BCUT2D eigenvalue weighted by Gasteiger charge is -2.20. The highest BCUT2D eigenvalue weighted by Gasteiger charge is 2.36. The van der Waals surface area contributed by atoms with Crippen LogP contribution in [-0.4, -0.2) is 45.2 Å². The van der Waals surface area contributed by atoms with Crippen LogP contribution in [0.2, 0.25) is 0 Å². The maximum absolute atomic E-state index is 12.6. The summed E-state index contributed by atoms with van der Waals surface area (Å²) in [6.07, 6.45) is 5.76. The first kappa shape index (κ1) is 23.5. The van der Waals surface area contributed by atoms with Gasteiger partial charge in [0, 0.05) is 24.4 Å². The normalized spacial score (nSPS) is 16.0. The summed E-state index contributed by atoms with van der Waals surface area (Å²) < 4.78 is 11.5. The molecule has 0 atom stereocenters. The van der Waals surface area contributed by atoms with Crippen molar-refractivity contribution in [3.05, 3.63) is 95.3 Å². The Morgan fingerprint density at radius 1 is 1.00 bits per heavy atom. The van der Waals surface area contributed by atoms with Crippen LogP contribution in [0, 0.1) is 12.3 Å². The van der Waals surface area contributed by atoms with E-state index >= 15 is 0 Å². The SMILES string of the molecule is Cc1ccc(OCCCOc2ccc(C=C3C(=N)N4N=C(c5cccnc5)SC4=NC3=O)cc2)cc1. The number of aryl methyl sites for hydroxylation is 1. The summed E-state index contributed by atoms with van der Waals surface area (Å²) in [6, 6.07) is 19.0. The number of hydrazone groups is 1. The van der Waals surface area contributed by atoms with Crippen molar-refractivity contribution >= 4 is 39.8 Å². The summed E-state index contributed by atoms with van der Waals surface area (Å²) in [5.74, 6) is 1.10. The molecule has 3 aromatic rings. The van der Waals surface area contributed by atoms with E-state index in [1.807, 2.05) is 67.6 Å². The molecule has 0 saturated heterocycles. The molecule has 0 aliphatic carbocycles. The van der Waals surface area contributed by atoms with Crippen LogP contribution in [0.25, 0.3) is 6.08 Å². The first-order valence-corrected chi connectivity index (χ1v) is 12.2. The molecule has 5 rings (SSSR count).